The van der Waals surface area contributed by atoms with Gasteiger partial charge in [-0.15, -0.1) is 0 Å². The molecule has 0 aromatic heterocycles. The number of anilines is 1. The van der Waals surface area contributed by atoms with Gasteiger partial charge >= 0.3 is 5.97 Å². The lowest BCUT2D eigenvalue weighted by atomic mass is 9.77. The van der Waals surface area contributed by atoms with Crippen LogP contribution in [-0.2, 0) is 10.0 Å². The number of ether oxygens (including phenoxy) is 1. The minimum atomic E-state index is -4.33. The first-order valence-electron chi connectivity index (χ1n) is 13.1. The van der Waals surface area contributed by atoms with Crippen LogP contribution >= 0.6 is 0 Å². The van der Waals surface area contributed by atoms with Crippen molar-refractivity contribution in [1.82, 2.24) is 0 Å². The topological polar surface area (TPSA) is 92.7 Å². The Bertz CT molecular complexity index is 1380. The molecule has 0 heterocycles. The summed E-state index contributed by atoms with van der Waals surface area (Å²) in [4.78, 5) is 10.7. The third kappa shape index (κ3) is 6.18. The summed E-state index contributed by atoms with van der Waals surface area (Å²) in [6.07, 6.45) is 8.68. The number of carboxylic acid groups (broad SMARTS) is 1. The molecule has 1 fully saturated rings. The molecule has 2 N–H and O–H groups in total. The predicted octanol–water partition coefficient (Wildman–Crippen LogP) is 7.46. The molecule has 6 nitrogen and oxygen atoms in total. The molecule has 0 unspecified atom stereocenters. The Morgan fingerprint density at radius 3 is 2.39 bits per heavy atom. The van der Waals surface area contributed by atoms with Crippen LogP contribution in [0.15, 0.2) is 65.6 Å². The first-order valence-corrected chi connectivity index (χ1v) is 14.5. The molecule has 0 atom stereocenters. The minimum Gasteiger partial charge on any atom is -0.495 e. The number of carboxylic acids is 1. The number of hydrogen-bond donors (Lipinski definition) is 2. The van der Waals surface area contributed by atoms with Gasteiger partial charge < -0.3 is 9.84 Å². The van der Waals surface area contributed by atoms with Crippen LogP contribution in [0, 0.1) is 11.7 Å². The molecule has 3 aromatic rings. The van der Waals surface area contributed by atoms with Crippen molar-refractivity contribution in [2.75, 3.05) is 11.8 Å². The Hall–Kier alpha value is -3.39. The number of benzene rings is 3. The van der Waals surface area contributed by atoms with E-state index in [2.05, 4.69) is 11.6 Å². The van der Waals surface area contributed by atoms with E-state index in [-0.39, 0.29) is 22.6 Å². The summed E-state index contributed by atoms with van der Waals surface area (Å²) in [5.74, 6) is -0.689. The third-order valence-electron chi connectivity index (χ3n) is 7.45. The Balaban J connectivity index is 1.53. The van der Waals surface area contributed by atoms with Gasteiger partial charge in [0.2, 0.25) is 0 Å². The fourth-order valence-electron chi connectivity index (χ4n) is 5.26. The van der Waals surface area contributed by atoms with Crippen molar-refractivity contribution in [1.29, 1.82) is 0 Å². The van der Waals surface area contributed by atoms with E-state index in [0.29, 0.717) is 11.5 Å². The second-order valence-corrected chi connectivity index (χ2v) is 11.6. The van der Waals surface area contributed by atoms with E-state index < -0.39 is 26.7 Å². The van der Waals surface area contributed by atoms with Gasteiger partial charge in [-0.25, -0.2) is 17.6 Å². The smallest absolute Gasteiger partial charge is 0.335 e. The van der Waals surface area contributed by atoms with E-state index in [1.165, 1.54) is 88.0 Å². The first kappa shape index (κ1) is 27.6. The molecule has 4 rings (SSSR count). The van der Waals surface area contributed by atoms with E-state index in [9.17, 15) is 13.2 Å². The zero-order chi connectivity index (χ0) is 27.3. The third-order valence-corrected chi connectivity index (χ3v) is 8.83. The average Bonchev–Trinajstić information content (AvgIpc) is 2.92. The first-order chi connectivity index (χ1) is 18.2. The number of nitrogens with one attached hydrogen (secondary N) is 1. The number of carbonyl (C=O) groups is 1. The van der Waals surface area contributed by atoms with Crippen LogP contribution in [0.3, 0.4) is 0 Å². The van der Waals surface area contributed by atoms with Crippen LogP contribution in [0.1, 0.15) is 73.7 Å². The standard InChI is InChI=1S/C30H34FNO5S/c1-3-4-6-20-9-11-21(12-10-20)22-13-15-23(16-14-22)25-7-5-8-28(29(25)31)38(35,36)32-26-18-17-24(30(33)34)19-27(26)37-2/h5,7-8,13-21,32H,3-4,6,9-12H2,1-2H3,(H,33,34)/t20-,21-. The van der Waals surface area contributed by atoms with E-state index >= 15 is 4.39 Å². The van der Waals surface area contributed by atoms with Gasteiger partial charge in [0.15, 0.2) is 5.82 Å². The van der Waals surface area contributed by atoms with Crippen LogP contribution in [0.4, 0.5) is 10.1 Å². The summed E-state index contributed by atoms with van der Waals surface area (Å²) in [5, 5.41) is 9.17. The highest BCUT2D eigenvalue weighted by atomic mass is 32.2. The monoisotopic (exact) mass is 539 g/mol. The van der Waals surface area contributed by atoms with E-state index in [0.717, 1.165) is 5.92 Å². The van der Waals surface area contributed by atoms with E-state index in [1.807, 2.05) is 24.3 Å². The molecule has 1 aliphatic rings. The molecule has 0 saturated heterocycles. The quantitative estimate of drug-likeness (QED) is 0.279. The summed E-state index contributed by atoms with van der Waals surface area (Å²) in [6, 6.07) is 15.7. The van der Waals surface area contributed by atoms with Crippen molar-refractivity contribution < 1.29 is 27.4 Å². The van der Waals surface area contributed by atoms with E-state index in [4.69, 9.17) is 9.84 Å². The van der Waals surface area contributed by atoms with Crippen LogP contribution < -0.4 is 9.46 Å². The molecule has 1 aliphatic carbocycles. The number of unbranched alkanes of at least 4 members (excludes halogenated alkanes) is 1. The molecule has 0 spiro atoms. The van der Waals surface area contributed by atoms with Gasteiger partial charge in [-0.05, 0) is 72.9 Å². The van der Waals surface area contributed by atoms with Gasteiger partial charge in [0.25, 0.3) is 10.0 Å². The molecule has 38 heavy (non-hydrogen) atoms. The zero-order valence-electron chi connectivity index (χ0n) is 21.7. The molecular formula is C30H34FNO5S. The molecule has 1 saturated carbocycles. The summed E-state index contributed by atoms with van der Waals surface area (Å²) >= 11 is 0. The number of rotatable bonds is 10. The normalized spacial score (nSPS) is 17.7. The number of methoxy groups -OCH3 is 1. The highest BCUT2D eigenvalue weighted by molar-refractivity contribution is 7.92. The van der Waals surface area contributed by atoms with Crippen molar-refractivity contribution >= 4 is 21.7 Å². The second-order valence-electron chi connectivity index (χ2n) is 9.93. The number of aromatic carboxylic acids is 1. The summed E-state index contributed by atoms with van der Waals surface area (Å²) < 4.78 is 49.3. The molecule has 202 valence electrons. The van der Waals surface area contributed by atoms with Gasteiger partial charge in [-0.2, -0.15) is 0 Å². The lowest BCUT2D eigenvalue weighted by Crippen LogP contribution is -2.16. The zero-order valence-corrected chi connectivity index (χ0v) is 22.6. The number of sulfonamides is 1. The van der Waals surface area contributed by atoms with E-state index in [1.54, 1.807) is 6.07 Å². The Morgan fingerprint density at radius 1 is 1.05 bits per heavy atom. The van der Waals surface area contributed by atoms with Crippen LogP contribution in [0.25, 0.3) is 11.1 Å². The molecule has 0 amide bonds. The molecule has 0 bridgehead atoms. The van der Waals surface area contributed by atoms with Gasteiger partial charge in [0.05, 0.1) is 18.4 Å². The summed E-state index contributed by atoms with van der Waals surface area (Å²) in [6.45, 7) is 2.23. The van der Waals surface area contributed by atoms with Gasteiger partial charge in [-0.3, -0.25) is 4.72 Å². The van der Waals surface area contributed by atoms with Crippen molar-refractivity contribution in [3.05, 3.63) is 77.6 Å². The van der Waals surface area contributed by atoms with Crippen molar-refractivity contribution in [2.24, 2.45) is 5.92 Å². The van der Waals surface area contributed by atoms with Crippen LogP contribution in [0.5, 0.6) is 5.75 Å². The van der Waals surface area contributed by atoms with Gasteiger partial charge in [0, 0.05) is 5.56 Å². The maximum atomic E-state index is 15.6. The van der Waals surface area contributed by atoms with Crippen molar-refractivity contribution in [3.8, 4) is 16.9 Å². The molecule has 0 aliphatic heterocycles. The SMILES string of the molecule is CCCC[C@H]1CC[C@H](c2ccc(-c3cccc(S(=O)(=O)Nc4ccc(C(=O)O)cc4OC)c3F)cc2)CC1. The van der Waals surface area contributed by atoms with Gasteiger partial charge in [0.1, 0.15) is 10.6 Å². The molecular weight excluding hydrogens is 505 g/mol. The molecule has 8 heteroatoms. The number of hydrogen-bond acceptors (Lipinski definition) is 4. The van der Waals surface area contributed by atoms with Crippen LogP contribution in [-0.4, -0.2) is 26.6 Å². The summed E-state index contributed by atoms with van der Waals surface area (Å²) in [5.41, 5.74) is 1.98. The highest BCUT2D eigenvalue weighted by Gasteiger charge is 2.25. The fourth-order valence-corrected chi connectivity index (χ4v) is 6.43. The fraction of sp³-hybridized carbons (Fsp3) is 0.367. The molecule has 3 aromatic carbocycles. The van der Waals surface area contributed by atoms with Crippen molar-refractivity contribution in [3.63, 3.8) is 0 Å². The average molecular weight is 540 g/mol. The predicted molar refractivity (Wildman–Crippen MR) is 147 cm³/mol. The van der Waals surface area contributed by atoms with Crippen molar-refractivity contribution in [2.45, 2.75) is 62.7 Å². The Morgan fingerprint density at radius 2 is 1.76 bits per heavy atom. The van der Waals surface area contributed by atoms with Crippen LogP contribution in [0.2, 0.25) is 0 Å². The summed E-state index contributed by atoms with van der Waals surface area (Å²) in [7, 11) is -3.04. The Labute approximate surface area is 223 Å². The molecule has 0 radical (unpaired) electrons. The van der Waals surface area contributed by atoms with Gasteiger partial charge in [-0.1, -0.05) is 62.6 Å². The highest BCUT2D eigenvalue weighted by Crippen LogP contribution is 2.39. The number of halogens is 1. The maximum absolute atomic E-state index is 15.6. The Kier molecular flexibility index (Phi) is 8.72. The minimum absolute atomic E-state index is 0.0103. The largest absolute Gasteiger partial charge is 0.495 e. The second kappa shape index (κ2) is 12.0. The lowest BCUT2D eigenvalue weighted by Gasteiger charge is -2.29. The lowest BCUT2D eigenvalue weighted by molar-refractivity contribution is 0.0696. The maximum Gasteiger partial charge on any atom is 0.335 e.